The van der Waals surface area contributed by atoms with Crippen LogP contribution in [-0.4, -0.2) is 39.1 Å². The van der Waals surface area contributed by atoms with Gasteiger partial charge in [0.05, 0.1) is 0 Å². The van der Waals surface area contributed by atoms with Crippen molar-refractivity contribution in [1.82, 2.24) is 0 Å². The fourth-order valence-electron chi connectivity index (χ4n) is 2.14. The van der Waals surface area contributed by atoms with Gasteiger partial charge in [-0.25, -0.2) is 0 Å². The molecule has 0 bridgehead atoms. The van der Waals surface area contributed by atoms with Gasteiger partial charge >= 0.3 is 5.97 Å². The number of carbonyl (C=O) groups is 3. The number of aliphatic hydroxyl groups is 2. The summed E-state index contributed by atoms with van der Waals surface area (Å²) in [6, 6.07) is 15.9. The Morgan fingerprint density at radius 1 is 0.808 bits per heavy atom. The van der Waals surface area contributed by atoms with Crippen LogP contribution in [0.4, 0.5) is 0 Å². The summed E-state index contributed by atoms with van der Waals surface area (Å²) in [5, 5.41) is 25.4. The minimum Gasteiger partial charge on any atom is -0.480 e. The first kappa shape index (κ1) is 21.2. The largest absolute Gasteiger partial charge is 0.480 e. The van der Waals surface area contributed by atoms with Crippen molar-refractivity contribution in [3.05, 3.63) is 71.8 Å². The van der Waals surface area contributed by atoms with Crippen LogP contribution in [0.25, 0.3) is 0 Å². The Kier molecular flexibility index (Phi) is 8.91. The van der Waals surface area contributed by atoms with Gasteiger partial charge in [0, 0.05) is 11.1 Å². The molecular weight excluding hydrogens is 336 g/mol. The van der Waals surface area contributed by atoms with Gasteiger partial charge in [0.25, 0.3) is 0 Å². The molecule has 0 aliphatic heterocycles. The van der Waals surface area contributed by atoms with E-state index in [9.17, 15) is 19.5 Å². The van der Waals surface area contributed by atoms with E-state index in [2.05, 4.69) is 0 Å². The molecule has 0 saturated carbocycles. The van der Waals surface area contributed by atoms with Gasteiger partial charge in [-0.3, -0.25) is 14.4 Å². The number of carbonyl (C=O) groups excluding carboxylic acids is 2. The van der Waals surface area contributed by atoms with E-state index in [0.29, 0.717) is 6.42 Å². The van der Waals surface area contributed by atoms with E-state index in [-0.39, 0.29) is 11.1 Å². The first-order chi connectivity index (χ1) is 12.4. The number of Topliss-reactive ketones (excluding diaryl/α,β-unsaturated/α-hetero) is 2. The van der Waals surface area contributed by atoms with Gasteiger partial charge in [-0.15, -0.1) is 0 Å². The highest BCUT2D eigenvalue weighted by atomic mass is 16.5. The Bertz CT molecular complexity index is 658. The Labute approximate surface area is 151 Å². The molecule has 0 atom stereocenters. The van der Waals surface area contributed by atoms with E-state index in [1.807, 2.05) is 6.92 Å². The molecule has 0 heterocycles. The number of carboxylic acid groups (broad SMARTS) is 1. The molecule has 0 aliphatic carbocycles. The van der Waals surface area contributed by atoms with Crippen molar-refractivity contribution in [2.45, 2.75) is 26.1 Å². The van der Waals surface area contributed by atoms with Gasteiger partial charge in [0.1, 0.15) is 0 Å². The maximum Gasteiger partial charge on any atom is 0.322 e. The summed E-state index contributed by atoms with van der Waals surface area (Å²) < 4.78 is 0. The van der Waals surface area contributed by atoms with Crippen molar-refractivity contribution in [2.24, 2.45) is 5.92 Å². The van der Waals surface area contributed by atoms with E-state index in [4.69, 9.17) is 10.2 Å². The SMILES string of the molecule is CCCC(O)O.O=C(O)C(C(=O)c1ccccc1)C(=O)c1ccccc1. The first-order valence-corrected chi connectivity index (χ1v) is 8.16. The van der Waals surface area contributed by atoms with Gasteiger partial charge in [0.15, 0.2) is 23.8 Å². The Morgan fingerprint density at radius 2 is 1.19 bits per heavy atom. The zero-order valence-corrected chi connectivity index (χ0v) is 14.4. The number of hydrogen-bond acceptors (Lipinski definition) is 5. The Morgan fingerprint density at radius 3 is 1.42 bits per heavy atom. The minimum absolute atomic E-state index is 0.212. The van der Waals surface area contributed by atoms with Crippen molar-refractivity contribution in [3.8, 4) is 0 Å². The molecule has 0 amide bonds. The predicted molar refractivity (Wildman–Crippen MR) is 95.8 cm³/mol. The molecule has 138 valence electrons. The number of benzene rings is 2. The lowest BCUT2D eigenvalue weighted by molar-refractivity contribution is -0.138. The van der Waals surface area contributed by atoms with Crippen LogP contribution < -0.4 is 0 Å². The highest BCUT2D eigenvalue weighted by Gasteiger charge is 2.34. The monoisotopic (exact) mass is 358 g/mol. The van der Waals surface area contributed by atoms with Crippen LogP contribution in [0.3, 0.4) is 0 Å². The van der Waals surface area contributed by atoms with E-state index in [1.54, 1.807) is 36.4 Å². The molecule has 0 fully saturated rings. The smallest absolute Gasteiger partial charge is 0.322 e. The fraction of sp³-hybridized carbons (Fsp3) is 0.250. The van der Waals surface area contributed by atoms with Crippen LogP contribution in [0.15, 0.2) is 60.7 Å². The molecule has 0 spiro atoms. The second-order valence-corrected chi connectivity index (χ2v) is 5.50. The summed E-state index contributed by atoms with van der Waals surface area (Å²) >= 11 is 0. The number of ketones is 2. The van der Waals surface area contributed by atoms with Crippen molar-refractivity contribution in [2.75, 3.05) is 0 Å². The molecular formula is C20H22O6. The number of aliphatic hydroxyl groups excluding tert-OH is 1. The Hall–Kier alpha value is -2.83. The maximum atomic E-state index is 12.2. The van der Waals surface area contributed by atoms with Gasteiger partial charge < -0.3 is 15.3 Å². The number of rotatable bonds is 7. The standard InChI is InChI=1S/C16H12O4.C4H10O2/c17-14(11-7-3-1-4-8-11)13(16(19)20)15(18)12-9-5-2-6-10-12;1-2-3-4(5)6/h1-10,13H,(H,19,20);4-6H,2-3H2,1H3. The molecule has 0 saturated heterocycles. The third-order valence-electron chi connectivity index (χ3n) is 3.43. The zero-order chi connectivity index (χ0) is 19.5. The Balaban J connectivity index is 0.000000487. The quantitative estimate of drug-likeness (QED) is 0.398. The predicted octanol–water partition coefficient (Wildman–Crippen LogP) is 2.55. The topological polar surface area (TPSA) is 112 Å². The van der Waals surface area contributed by atoms with Gasteiger partial charge in [-0.1, -0.05) is 74.0 Å². The van der Waals surface area contributed by atoms with Crippen molar-refractivity contribution >= 4 is 17.5 Å². The van der Waals surface area contributed by atoms with Crippen LogP contribution in [0.1, 0.15) is 40.5 Å². The van der Waals surface area contributed by atoms with E-state index in [1.165, 1.54) is 24.3 Å². The molecule has 26 heavy (non-hydrogen) atoms. The number of carboxylic acids is 1. The number of aliphatic carboxylic acids is 1. The van der Waals surface area contributed by atoms with Gasteiger partial charge in [-0.2, -0.15) is 0 Å². The van der Waals surface area contributed by atoms with Crippen LogP contribution in [0.5, 0.6) is 0 Å². The lowest BCUT2D eigenvalue weighted by Crippen LogP contribution is -2.32. The summed E-state index contributed by atoms with van der Waals surface area (Å²) in [7, 11) is 0. The van der Waals surface area contributed by atoms with Crippen molar-refractivity contribution in [1.29, 1.82) is 0 Å². The normalized spacial score (nSPS) is 10.2. The minimum atomic E-state index is -1.71. The highest BCUT2D eigenvalue weighted by molar-refractivity contribution is 6.26. The lowest BCUT2D eigenvalue weighted by atomic mass is 9.90. The summed E-state index contributed by atoms with van der Waals surface area (Å²) in [4.78, 5) is 35.7. The van der Waals surface area contributed by atoms with Crippen LogP contribution in [-0.2, 0) is 4.79 Å². The molecule has 0 unspecified atom stereocenters. The third kappa shape index (κ3) is 6.58. The molecule has 0 aliphatic rings. The molecule has 6 heteroatoms. The average molecular weight is 358 g/mol. The van der Waals surface area contributed by atoms with Crippen LogP contribution >= 0.6 is 0 Å². The molecule has 0 aromatic heterocycles. The molecule has 6 nitrogen and oxygen atoms in total. The van der Waals surface area contributed by atoms with Crippen LogP contribution in [0.2, 0.25) is 0 Å². The van der Waals surface area contributed by atoms with E-state index >= 15 is 0 Å². The summed E-state index contributed by atoms with van der Waals surface area (Å²) in [5.74, 6) is -4.55. The maximum absolute atomic E-state index is 12.2. The first-order valence-electron chi connectivity index (χ1n) is 8.16. The summed E-state index contributed by atoms with van der Waals surface area (Å²) in [5.41, 5.74) is 0.424. The fourth-order valence-corrected chi connectivity index (χ4v) is 2.14. The van der Waals surface area contributed by atoms with E-state index in [0.717, 1.165) is 6.42 Å². The van der Waals surface area contributed by atoms with Crippen molar-refractivity contribution < 1.29 is 29.7 Å². The molecule has 2 rings (SSSR count). The number of hydrogen-bond donors (Lipinski definition) is 3. The lowest BCUT2D eigenvalue weighted by Gasteiger charge is -2.10. The average Bonchev–Trinajstić information content (AvgIpc) is 2.63. The van der Waals surface area contributed by atoms with Gasteiger partial charge in [0.2, 0.25) is 0 Å². The van der Waals surface area contributed by atoms with Gasteiger partial charge in [-0.05, 0) is 6.42 Å². The van der Waals surface area contributed by atoms with E-state index < -0.39 is 29.7 Å². The molecule has 2 aromatic rings. The summed E-state index contributed by atoms with van der Waals surface area (Å²) in [6.07, 6.45) is 0.215. The third-order valence-corrected chi connectivity index (χ3v) is 3.43. The molecule has 0 radical (unpaired) electrons. The van der Waals surface area contributed by atoms with Crippen LogP contribution in [0, 0.1) is 5.92 Å². The van der Waals surface area contributed by atoms with Crippen molar-refractivity contribution in [3.63, 3.8) is 0 Å². The summed E-state index contributed by atoms with van der Waals surface area (Å²) in [6.45, 7) is 1.90. The zero-order valence-electron chi connectivity index (χ0n) is 14.4. The molecule has 3 N–H and O–H groups in total. The highest BCUT2D eigenvalue weighted by Crippen LogP contribution is 2.15. The second-order valence-electron chi connectivity index (χ2n) is 5.50. The second kappa shape index (κ2) is 10.9. The molecule has 2 aromatic carbocycles.